The molecule has 0 amide bonds. The highest BCUT2D eigenvalue weighted by atomic mass is 32.1. The Labute approximate surface area is 117 Å². The van der Waals surface area contributed by atoms with Gasteiger partial charge in [-0.2, -0.15) is 13.2 Å². The number of nitrogens with zero attached hydrogens (tertiary/aromatic N) is 1. The molecule has 0 saturated heterocycles. The monoisotopic (exact) mass is 298 g/mol. The second-order valence-corrected chi connectivity index (χ2v) is 4.79. The average molecular weight is 298 g/mol. The molecule has 3 nitrogen and oxygen atoms in total. The normalized spacial score (nSPS) is 13.9. The van der Waals surface area contributed by atoms with Crippen LogP contribution >= 0.6 is 12.2 Å². The highest BCUT2D eigenvalue weighted by molar-refractivity contribution is 7.71. The fourth-order valence-corrected chi connectivity index (χ4v) is 2.37. The van der Waals surface area contributed by atoms with Gasteiger partial charge in [-0.05, 0) is 17.7 Å². The zero-order chi connectivity index (χ0) is 14.3. The van der Waals surface area contributed by atoms with Crippen molar-refractivity contribution < 1.29 is 17.9 Å². The number of para-hydroxylation sites is 1. The molecule has 1 N–H and O–H groups in total. The summed E-state index contributed by atoms with van der Waals surface area (Å²) in [5.74, 6) is -0.493. The van der Waals surface area contributed by atoms with Gasteiger partial charge in [0.15, 0.2) is 0 Å². The van der Waals surface area contributed by atoms with Crippen molar-refractivity contribution >= 4 is 12.2 Å². The topological polar surface area (TPSA) is 37.9 Å². The minimum atomic E-state index is -4.57. The van der Waals surface area contributed by atoms with E-state index < -0.39 is 12.0 Å². The summed E-state index contributed by atoms with van der Waals surface area (Å²) in [7, 11) is 0. The molecular formula is C13H9F3N2OS. The molecule has 2 aromatic rings. The van der Waals surface area contributed by atoms with E-state index in [0.29, 0.717) is 17.9 Å². The van der Waals surface area contributed by atoms with E-state index in [-0.39, 0.29) is 10.3 Å². The summed E-state index contributed by atoms with van der Waals surface area (Å²) in [5, 5.41) is 0. The molecule has 0 unspecified atom stereocenters. The van der Waals surface area contributed by atoms with E-state index in [9.17, 15) is 13.2 Å². The molecule has 0 saturated carbocycles. The number of fused-ring (bicyclic) bond motifs is 1. The quantitative estimate of drug-likeness (QED) is 0.815. The van der Waals surface area contributed by atoms with E-state index in [2.05, 4.69) is 9.97 Å². The highest BCUT2D eigenvalue weighted by Crippen LogP contribution is 2.37. The lowest BCUT2D eigenvalue weighted by atomic mass is 10.1. The number of aromatic amines is 1. The van der Waals surface area contributed by atoms with E-state index in [0.717, 1.165) is 12.0 Å². The number of benzene rings is 1. The third-order valence-electron chi connectivity index (χ3n) is 3.02. The Balaban J connectivity index is 2.19. The van der Waals surface area contributed by atoms with E-state index in [1.54, 1.807) is 12.1 Å². The molecule has 1 aromatic heterocycles. The van der Waals surface area contributed by atoms with Crippen molar-refractivity contribution in [2.24, 2.45) is 0 Å². The van der Waals surface area contributed by atoms with Crippen LogP contribution in [0.1, 0.15) is 11.4 Å². The fourth-order valence-electron chi connectivity index (χ4n) is 2.16. The van der Waals surface area contributed by atoms with Crippen LogP contribution in [0.25, 0.3) is 11.3 Å². The van der Waals surface area contributed by atoms with Gasteiger partial charge in [-0.3, -0.25) is 0 Å². The van der Waals surface area contributed by atoms with Gasteiger partial charge >= 0.3 is 6.18 Å². The van der Waals surface area contributed by atoms with Crippen molar-refractivity contribution in [3.63, 3.8) is 0 Å². The van der Waals surface area contributed by atoms with E-state index >= 15 is 0 Å². The summed E-state index contributed by atoms with van der Waals surface area (Å²) < 4.78 is 43.7. The summed E-state index contributed by atoms with van der Waals surface area (Å²) in [5.41, 5.74) is 1.81. The number of ether oxygens (including phenoxy) is 1. The van der Waals surface area contributed by atoms with Crippen LogP contribution in [0.4, 0.5) is 13.2 Å². The second-order valence-electron chi connectivity index (χ2n) is 4.37. The van der Waals surface area contributed by atoms with Crippen molar-refractivity contribution in [1.29, 1.82) is 0 Å². The first-order valence-electron chi connectivity index (χ1n) is 5.89. The minimum absolute atomic E-state index is 0.110. The van der Waals surface area contributed by atoms with Gasteiger partial charge in [0, 0.05) is 12.0 Å². The standard InChI is InChI=1S/C13H9F3N2OS/c14-13(15,16)12-17-9(6-10(20)18-12)8-3-1-2-7-4-5-19-11(7)8/h1-3,6H,4-5H2,(H,17,18,20). The number of H-pyrrole nitrogens is 1. The lowest BCUT2D eigenvalue weighted by molar-refractivity contribution is -0.145. The van der Waals surface area contributed by atoms with Crippen LogP contribution in [-0.2, 0) is 12.6 Å². The SMILES string of the molecule is FC(F)(F)c1nc(=S)cc(-c2cccc3c2OCC3)[nH]1. The predicted molar refractivity (Wildman–Crippen MR) is 69.1 cm³/mol. The second kappa shape index (κ2) is 4.59. The van der Waals surface area contributed by atoms with Crippen molar-refractivity contribution in [2.45, 2.75) is 12.6 Å². The zero-order valence-electron chi connectivity index (χ0n) is 10.1. The van der Waals surface area contributed by atoms with Crippen molar-refractivity contribution in [2.75, 3.05) is 6.61 Å². The van der Waals surface area contributed by atoms with Gasteiger partial charge < -0.3 is 9.72 Å². The predicted octanol–water partition coefficient (Wildman–Crippen LogP) is 3.76. The maximum atomic E-state index is 12.8. The van der Waals surface area contributed by atoms with Crippen LogP contribution in [0.3, 0.4) is 0 Å². The first kappa shape index (κ1) is 13.1. The molecular weight excluding hydrogens is 289 g/mol. The maximum absolute atomic E-state index is 12.8. The van der Waals surface area contributed by atoms with Gasteiger partial charge in [-0.1, -0.05) is 24.4 Å². The third kappa shape index (κ3) is 2.29. The number of hydrogen-bond acceptors (Lipinski definition) is 3. The molecule has 20 heavy (non-hydrogen) atoms. The molecule has 0 aliphatic carbocycles. The van der Waals surface area contributed by atoms with Gasteiger partial charge in [0.05, 0.1) is 12.3 Å². The summed E-state index contributed by atoms with van der Waals surface area (Å²) in [6.45, 7) is 0.532. The van der Waals surface area contributed by atoms with Crippen molar-refractivity contribution in [1.82, 2.24) is 9.97 Å². The Morgan fingerprint density at radius 2 is 2.10 bits per heavy atom. The number of aromatic nitrogens is 2. The Hall–Kier alpha value is -1.89. The lowest BCUT2D eigenvalue weighted by Crippen LogP contribution is -2.11. The molecule has 1 aliphatic heterocycles. The maximum Gasteiger partial charge on any atom is 0.449 e. The van der Waals surface area contributed by atoms with Crippen LogP contribution < -0.4 is 4.74 Å². The molecule has 1 aromatic carbocycles. The third-order valence-corrected chi connectivity index (χ3v) is 3.23. The van der Waals surface area contributed by atoms with Crippen LogP contribution in [-0.4, -0.2) is 16.6 Å². The average Bonchev–Trinajstić information content (AvgIpc) is 2.84. The molecule has 0 radical (unpaired) electrons. The van der Waals surface area contributed by atoms with E-state index in [1.165, 1.54) is 6.07 Å². The zero-order valence-corrected chi connectivity index (χ0v) is 10.9. The number of halogens is 3. The molecule has 1 aliphatic rings. The molecule has 0 spiro atoms. The summed E-state index contributed by atoms with van der Waals surface area (Å²) in [6, 6.07) is 6.78. The van der Waals surface area contributed by atoms with Gasteiger partial charge in [-0.25, -0.2) is 4.98 Å². The van der Waals surface area contributed by atoms with Crippen molar-refractivity contribution in [3.05, 3.63) is 40.3 Å². The molecule has 7 heteroatoms. The van der Waals surface area contributed by atoms with Crippen LogP contribution in [0.15, 0.2) is 24.3 Å². The Morgan fingerprint density at radius 1 is 1.30 bits per heavy atom. The molecule has 0 atom stereocenters. The Morgan fingerprint density at radius 3 is 2.85 bits per heavy atom. The molecule has 2 heterocycles. The Kier molecular flexibility index (Phi) is 3.01. The van der Waals surface area contributed by atoms with Crippen molar-refractivity contribution in [3.8, 4) is 17.0 Å². The summed E-state index contributed by atoms with van der Waals surface area (Å²) in [6.07, 6.45) is -3.82. The van der Waals surface area contributed by atoms with Crippen LogP contribution in [0, 0.1) is 4.64 Å². The van der Waals surface area contributed by atoms with Gasteiger partial charge in [-0.15, -0.1) is 0 Å². The molecule has 104 valence electrons. The van der Waals surface area contributed by atoms with Crippen LogP contribution in [0.2, 0.25) is 0 Å². The largest absolute Gasteiger partial charge is 0.492 e. The van der Waals surface area contributed by atoms with Gasteiger partial charge in [0.1, 0.15) is 10.4 Å². The first-order valence-corrected chi connectivity index (χ1v) is 6.29. The number of alkyl halides is 3. The number of rotatable bonds is 1. The highest BCUT2D eigenvalue weighted by Gasteiger charge is 2.34. The molecule has 3 rings (SSSR count). The summed E-state index contributed by atoms with van der Waals surface area (Å²) >= 11 is 4.81. The lowest BCUT2D eigenvalue weighted by Gasteiger charge is -2.11. The fraction of sp³-hybridized carbons (Fsp3) is 0.231. The summed E-state index contributed by atoms with van der Waals surface area (Å²) in [4.78, 5) is 5.61. The van der Waals surface area contributed by atoms with E-state index in [1.807, 2.05) is 6.07 Å². The Bertz CT molecular complexity index is 724. The smallest absolute Gasteiger partial charge is 0.449 e. The number of nitrogens with one attached hydrogen (secondary N) is 1. The van der Waals surface area contributed by atoms with Gasteiger partial charge in [0.2, 0.25) is 5.82 Å². The molecule has 0 bridgehead atoms. The number of hydrogen-bond donors (Lipinski definition) is 1. The minimum Gasteiger partial charge on any atom is -0.492 e. The van der Waals surface area contributed by atoms with E-state index in [4.69, 9.17) is 17.0 Å². The first-order chi connectivity index (χ1) is 9.45. The molecule has 0 fully saturated rings. The van der Waals surface area contributed by atoms with Gasteiger partial charge in [0.25, 0.3) is 0 Å². The van der Waals surface area contributed by atoms with Crippen LogP contribution in [0.5, 0.6) is 5.75 Å².